The minimum absolute atomic E-state index is 0.232. The van der Waals surface area contributed by atoms with Crippen LogP contribution in [-0.4, -0.2) is 20.1 Å². The van der Waals surface area contributed by atoms with E-state index in [4.69, 9.17) is 15.2 Å². The van der Waals surface area contributed by atoms with Crippen molar-refractivity contribution in [3.05, 3.63) is 47.5 Å². The van der Waals surface area contributed by atoms with Crippen LogP contribution in [0.1, 0.15) is 15.9 Å². The van der Waals surface area contributed by atoms with Gasteiger partial charge in [-0.15, -0.1) is 0 Å². The van der Waals surface area contributed by atoms with Crippen LogP contribution in [0.4, 0.5) is 11.4 Å². The lowest BCUT2D eigenvalue weighted by Crippen LogP contribution is -2.13. The van der Waals surface area contributed by atoms with Gasteiger partial charge >= 0.3 is 0 Å². The normalized spacial score (nSPS) is 10.0. The third-order valence-corrected chi connectivity index (χ3v) is 3.19. The predicted octanol–water partition coefficient (Wildman–Crippen LogP) is 2.85. The second-order valence-corrected chi connectivity index (χ2v) is 4.59. The van der Waals surface area contributed by atoms with Crippen LogP contribution in [0.15, 0.2) is 36.4 Å². The summed E-state index contributed by atoms with van der Waals surface area (Å²) in [5, 5.41) is 2.81. The van der Waals surface area contributed by atoms with E-state index >= 15 is 0 Å². The molecule has 0 aromatic heterocycles. The molecule has 0 spiro atoms. The van der Waals surface area contributed by atoms with Gasteiger partial charge in [0.1, 0.15) is 11.5 Å². The molecule has 0 aliphatic heterocycles. The van der Waals surface area contributed by atoms with Gasteiger partial charge in [-0.25, -0.2) is 0 Å². The summed E-state index contributed by atoms with van der Waals surface area (Å²) < 4.78 is 10.4. The van der Waals surface area contributed by atoms with E-state index in [1.807, 2.05) is 6.92 Å². The zero-order valence-electron chi connectivity index (χ0n) is 12.3. The summed E-state index contributed by atoms with van der Waals surface area (Å²) in [6.07, 6.45) is 0. The quantitative estimate of drug-likeness (QED) is 0.848. The van der Waals surface area contributed by atoms with E-state index in [-0.39, 0.29) is 5.91 Å². The molecule has 21 heavy (non-hydrogen) atoms. The molecular formula is C16H18N2O3. The molecule has 0 aliphatic rings. The van der Waals surface area contributed by atoms with Crippen molar-refractivity contribution in [2.75, 3.05) is 25.3 Å². The average molecular weight is 286 g/mol. The first kappa shape index (κ1) is 14.7. The Morgan fingerprint density at radius 2 is 1.86 bits per heavy atom. The molecule has 5 heteroatoms. The van der Waals surface area contributed by atoms with Gasteiger partial charge in [-0.05, 0) is 42.8 Å². The molecule has 0 atom stereocenters. The zero-order valence-corrected chi connectivity index (χ0v) is 12.3. The number of anilines is 2. The molecule has 0 saturated heterocycles. The fourth-order valence-corrected chi connectivity index (χ4v) is 1.92. The maximum Gasteiger partial charge on any atom is 0.255 e. The SMILES string of the molecule is COc1ccc(OC)c(NC(=O)c2ccc(N)c(C)c2)c1. The minimum Gasteiger partial charge on any atom is -0.497 e. The first-order valence-electron chi connectivity index (χ1n) is 6.44. The maximum atomic E-state index is 12.3. The lowest BCUT2D eigenvalue weighted by atomic mass is 10.1. The number of carbonyl (C=O) groups excluding carboxylic acids is 1. The Labute approximate surface area is 123 Å². The molecule has 0 aliphatic carbocycles. The number of hydrogen-bond acceptors (Lipinski definition) is 4. The van der Waals surface area contributed by atoms with Crippen LogP contribution >= 0.6 is 0 Å². The number of nitrogens with two attached hydrogens (primary N) is 1. The highest BCUT2D eigenvalue weighted by molar-refractivity contribution is 6.05. The first-order chi connectivity index (χ1) is 10.0. The van der Waals surface area contributed by atoms with Crippen LogP contribution in [0.2, 0.25) is 0 Å². The van der Waals surface area contributed by atoms with Crippen LogP contribution in [0, 0.1) is 6.92 Å². The number of nitrogen functional groups attached to an aromatic ring is 1. The molecule has 110 valence electrons. The van der Waals surface area contributed by atoms with Gasteiger partial charge < -0.3 is 20.5 Å². The summed E-state index contributed by atoms with van der Waals surface area (Å²) in [7, 11) is 3.11. The highest BCUT2D eigenvalue weighted by Crippen LogP contribution is 2.29. The Balaban J connectivity index is 2.28. The summed E-state index contributed by atoms with van der Waals surface area (Å²) >= 11 is 0. The third-order valence-electron chi connectivity index (χ3n) is 3.19. The van der Waals surface area contributed by atoms with Crippen LogP contribution < -0.4 is 20.5 Å². The van der Waals surface area contributed by atoms with Crippen molar-refractivity contribution in [1.82, 2.24) is 0 Å². The second kappa shape index (κ2) is 6.17. The van der Waals surface area contributed by atoms with Crippen molar-refractivity contribution < 1.29 is 14.3 Å². The van der Waals surface area contributed by atoms with Gasteiger partial charge in [0.25, 0.3) is 5.91 Å². The molecule has 0 radical (unpaired) electrons. The van der Waals surface area contributed by atoms with Gasteiger partial charge in [0.15, 0.2) is 0 Å². The summed E-state index contributed by atoms with van der Waals surface area (Å²) in [6, 6.07) is 10.4. The van der Waals surface area contributed by atoms with Crippen LogP contribution in [0.5, 0.6) is 11.5 Å². The molecule has 0 heterocycles. The smallest absolute Gasteiger partial charge is 0.255 e. The molecule has 0 bridgehead atoms. The third kappa shape index (κ3) is 3.25. The van der Waals surface area contributed by atoms with Gasteiger partial charge in [-0.2, -0.15) is 0 Å². The van der Waals surface area contributed by atoms with Crippen LogP contribution in [0.3, 0.4) is 0 Å². The van der Waals surface area contributed by atoms with Gasteiger partial charge in [-0.1, -0.05) is 0 Å². The van der Waals surface area contributed by atoms with E-state index in [1.165, 1.54) is 0 Å². The minimum atomic E-state index is -0.232. The Kier molecular flexibility index (Phi) is 4.33. The molecule has 0 fully saturated rings. The Hall–Kier alpha value is -2.69. The van der Waals surface area contributed by atoms with Crippen molar-refractivity contribution in [3.63, 3.8) is 0 Å². The number of amides is 1. The number of carbonyl (C=O) groups is 1. The van der Waals surface area contributed by atoms with E-state index < -0.39 is 0 Å². The molecule has 3 N–H and O–H groups in total. The fourth-order valence-electron chi connectivity index (χ4n) is 1.92. The van der Waals surface area contributed by atoms with E-state index in [2.05, 4.69) is 5.32 Å². The molecule has 2 aromatic carbocycles. The van der Waals surface area contributed by atoms with Crippen molar-refractivity contribution >= 4 is 17.3 Å². The number of rotatable bonds is 4. The Morgan fingerprint density at radius 1 is 1.10 bits per heavy atom. The topological polar surface area (TPSA) is 73.6 Å². The summed E-state index contributed by atoms with van der Waals surface area (Å²) in [5.74, 6) is 0.973. The van der Waals surface area contributed by atoms with Crippen molar-refractivity contribution in [2.45, 2.75) is 6.92 Å². The second-order valence-electron chi connectivity index (χ2n) is 4.59. The predicted molar refractivity (Wildman–Crippen MR) is 83.1 cm³/mol. The lowest BCUT2D eigenvalue weighted by Gasteiger charge is -2.12. The highest BCUT2D eigenvalue weighted by Gasteiger charge is 2.11. The zero-order chi connectivity index (χ0) is 15.4. The molecule has 1 amide bonds. The van der Waals surface area contributed by atoms with Gasteiger partial charge in [0.2, 0.25) is 0 Å². The van der Waals surface area contributed by atoms with Crippen LogP contribution in [-0.2, 0) is 0 Å². The molecule has 5 nitrogen and oxygen atoms in total. The lowest BCUT2D eigenvalue weighted by molar-refractivity contribution is 0.102. The number of aryl methyl sites for hydroxylation is 1. The number of benzene rings is 2. The number of methoxy groups -OCH3 is 2. The molecule has 2 rings (SSSR count). The van der Waals surface area contributed by atoms with Gasteiger partial charge in [0.05, 0.1) is 19.9 Å². The van der Waals surface area contributed by atoms with Crippen LogP contribution in [0.25, 0.3) is 0 Å². The van der Waals surface area contributed by atoms with Crippen molar-refractivity contribution in [2.24, 2.45) is 0 Å². The molecule has 0 saturated carbocycles. The summed E-state index contributed by atoms with van der Waals surface area (Å²) in [6.45, 7) is 1.86. The summed E-state index contributed by atoms with van der Waals surface area (Å²) in [4.78, 5) is 12.3. The van der Waals surface area contributed by atoms with Gasteiger partial charge in [-0.3, -0.25) is 4.79 Å². The molecular weight excluding hydrogens is 268 g/mol. The number of nitrogens with one attached hydrogen (secondary N) is 1. The number of hydrogen-bond donors (Lipinski definition) is 2. The van der Waals surface area contributed by atoms with Gasteiger partial charge in [0, 0.05) is 17.3 Å². The highest BCUT2D eigenvalue weighted by atomic mass is 16.5. The van der Waals surface area contributed by atoms with Crippen molar-refractivity contribution in [3.8, 4) is 11.5 Å². The maximum absolute atomic E-state index is 12.3. The first-order valence-corrected chi connectivity index (χ1v) is 6.44. The average Bonchev–Trinajstić information content (AvgIpc) is 2.49. The monoisotopic (exact) mass is 286 g/mol. The van der Waals surface area contributed by atoms with E-state index in [1.54, 1.807) is 50.6 Å². The largest absolute Gasteiger partial charge is 0.497 e. The fraction of sp³-hybridized carbons (Fsp3) is 0.188. The Morgan fingerprint density at radius 3 is 2.48 bits per heavy atom. The molecule has 2 aromatic rings. The Bertz CT molecular complexity index is 669. The van der Waals surface area contributed by atoms with E-state index in [0.717, 1.165) is 5.56 Å². The van der Waals surface area contributed by atoms with E-state index in [9.17, 15) is 4.79 Å². The van der Waals surface area contributed by atoms with E-state index in [0.29, 0.717) is 28.4 Å². The number of ether oxygens (including phenoxy) is 2. The van der Waals surface area contributed by atoms with Crippen molar-refractivity contribution in [1.29, 1.82) is 0 Å². The standard InChI is InChI=1S/C16H18N2O3/c1-10-8-11(4-6-13(10)17)16(19)18-14-9-12(20-2)5-7-15(14)21-3/h4-9H,17H2,1-3H3,(H,18,19). The summed E-state index contributed by atoms with van der Waals surface area (Å²) in [5.41, 5.74) is 8.36. The molecule has 0 unspecified atom stereocenters.